The third-order valence-electron chi connectivity index (χ3n) is 9.14. The maximum absolute atomic E-state index is 14.2. The smallest absolute Gasteiger partial charge is 0.407 e. The van der Waals surface area contributed by atoms with E-state index in [0.29, 0.717) is 31.8 Å². The number of alkyl carbamates (subject to hydrolysis) is 1. The fraction of sp³-hybridized carbons (Fsp3) is 0.812. The van der Waals surface area contributed by atoms with Crippen molar-refractivity contribution in [2.75, 3.05) is 19.7 Å². The van der Waals surface area contributed by atoms with Crippen molar-refractivity contribution >= 4 is 35.6 Å². The van der Waals surface area contributed by atoms with Gasteiger partial charge in [-0.15, -0.1) is 0 Å². The summed E-state index contributed by atoms with van der Waals surface area (Å²) in [5, 5.41) is 11.1. The van der Waals surface area contributed by atoms with Gasteiger partial charge in [-0.3, -0.25) is 19.2 Å². The van der Waals surface area contributed by atoms with Crippen molar-refractivity contribution in [3.05, 3.63) is 0 Å². The summed E-state index contributed by atoms with van der Waals surface area (Å²) in [4.78, 5) is 78.9. The van der Waals surface area contributed by atoms with E-state index >= 15 is 0 Å². The molecule has 3 rings (SSSR count). The van der Waals surface area contributed by atoms with Crippen molar-refractivity contribution < 1.29 is 33.5 Å². The first kappa shape index (κ1) is 36.1. The van der Waals surface area contributed by atoms with E-state index in [4.69, 9.17) is 10.5 Å². The molecule has 2 unspecified atom stereocenters. The predicted octanol–water partition coefficient (Wildman–Crippen LogP) is 2.07. The summed E-state index contributed by atoms with van der Waals surface area (Å²) >= 11 is 0. The molecule has 1 aliphatic heterocycles. The number of nitrogens with one attached hydrogen (secondary N) is 4. The number of primary amides is 1. The number of Topliss-reactive ketones (excluding diaryl/α,β-unsaturated/α-hetero) is 1. The number of rotatable bonds is 15. The predicted molar refractivity (Wildman–Crippen MR) is 168 cm³/mol. The molecule has 2 saturated carbocycles. The van der Waals surface area contributed by atoms with Crippen LogP contribution in [0.15, 0.2) is 0 Å². The number of ketones is 1. The fourth-order valence-corrected chi connectivity index (χ4v) is 5.52. The Morgan fingerprint density at radius 3 is 2.04 bits per heavy atom. The van der Waals surface area contributed by atoms with Gasteiger partial charge in [0.15, 0.2) is 0 Å². The second kappa shape index (κ2) is 15.3. The maximum atomic E-state index is 14.2. The Balaban J connectivity index is 1.71. The average Bonchev–Trinajstić information content (AvgIpc) is 3.89. The molecule has 3 fully saturated rings. The fourth-order valence-electron chi connectivity index (χ4n) is 5.52. The minimum absolute atomic E-state index is 0.0152. The molecular weight excluding hydrogens is 580 g/mol. The van der Waals surface area contributed by atoms with Gasteiger partial charge in [-0.25, -0.2) is 9.59 Å². The molecule has 0 bridgehead atoms. The highest BCUT2D eigenvalue weighted by atomic mass is 16.5. The van der Waals surface area contributed by atoms with Crippen LogP contribution in [0.1, 0.15) is 87.0 Å². The molecule has 1 heterocycles. The number of likely N-dealkylation sites (tertiary alicyclic amines) is 1. The van der Waals surface area contributed by atoms with Crippen LogP contribution < -0.4 is 27.0 Å². The second-order valence-electron chi connectivity index (χ2n) is 14.9. The lowest BCUT2D eigenvalue weighted by molar-refractivity contribution is -0.143. The normalized spacial score (nSPS) is 21.9. The zero-order valence-electron chi connectivity index (χ0n) is 27.9. The second-order valence-corrected chi connectivity index (χ2v) is 14.9. The molecule has 45 heavy (non-hydrogen) atoms. The first-order chi connectivity index (χ1) is 21.0. The highest BCUT2D eigenvalue weighted by Gasteiger charge is 2.46. The van der Waals surface area contributed by atoms with Crippen molar-refractivity contribution in [3.8, 4) is 0 Å². The standard InChI is InChI=1S/C32H54N6O7/c1-17(2)21-13-24(28(41)35-22(12-19-8-9-19)25(39)27(33)40)38(15-21)29(42)26(32(5,6)7)37-30(43)36-23(18(3)4)16-45-31(44)34-14-20-10-11-20/h17-24,26H,8-16H2,1-7H3,(H2,33,40)(H,34,44)(H,35,41)(H2,36,37,43)/t21-,22?,23-,24?,26-/m1/s1. The molecule has 13 nitrogen and oxygen atoms in total. The molecule has 0 radical (unpaired) electrons. The van der Waals surface area contributed by atoms with E-state index in [1.54, 1.807) is 0 Å². The van der Waals surface area contributed by atoms with Gasteiger partial charge in [0.25, 0.3) is 5.91 Å². The monoisotopic (exact) mass is 634 g/mol. The Morgan fingerprint density at radius 2 is 1.53 bits per heavy atom. The van der Waals surface area contributed by atoms with E-state index in [-0.39, 0.29) is 30.3 Å². The molecule has 0 spiro atoms. The van der Waals surface area contributed by atoms with Gasteiger partial charge < -0.3 is 36.6 Å². The topological polar surface area (TPSA) is 189 Å². The minimum Gasteiger partial charge on any atom is -0.447 e. The van der Waals surface area contributed by atoms with Gasteiger partial charge in [0.2, 0.25) is 17.6 Å². The molecule has 6 N–H and O–H groups in total. The van der Waals surface area contributed by atoms with Crippen LogP contribution in [0.5, 0.6) is 0 Å². The Labute approximate surface area is 266 Å². The van der Waals surface area contributed by atoms with Crippen LogP contribution in [-0.4, -0.2) is 84.4 Å². The molecular formula is C32H54N6O7. The number of urea groups is 1. The summed E-state index contributed by atoms with van der Waals surface area (Å²) < 4.78 is 5.35. The van der Waals surface area contributed by atoms with Crippen LogP contribution in [0.25, 0.3) is 0 Å². The van der Waals surface area contributed by atoms with Gasteiger partial charge in [-0.05, 0) is 60.7 Å². The SMILES string of the molecule is CC(C)[C@@H]1CC(C(=O)NC(CC2CC2)C(=O)C(N)=O)N(C(=O)[C@@H](NC(=O)N[C@H](COC(=O)NCC2CC2)C(C)C)C(C)(C)C)C1. The Kier molecular flexibility index (Phi) is 12.2. The van der Waals surface area contributed by atoms with Gasteiger partial charge in [0.05, 0.1) is 12.1 Å². The zero-order chi connectivity index (χ0) is 33.6. The third-order valence-corrected chi connectivity index (χ3v) is 9.14. The van der Waals surface area contributed by atoms with Gasteiger partial charge in [0.1, 0.15) is 18.7 Å². The van der Waals surface area contributed by atoms with Crippen LogP contribution in [0, 0.1) is 35.0 Å². The van der Waals surface area contributed by atoms with Gasteiger partial charge in [-0.2, -0.15) is 0 Å². The number of hydrogen-bond acceptors (Lipinski definition) is 7. The van der Waals surface area contributed by atoms with Gasteiger partial charge >= 0.3 is 12.1 Å². The number of carbonyl (C=O) groups is 6. The average molecular weight is 635 g/mol. The number of amides is 6. The van der Waals surface area contributed by atoms with Crippen LogP contribution in [0.2, 0.25) is 0 Å². The van der Waals surface area contributed by atoms with Crippen LogP contribution in [0.3, 0.4) is 0 Å². The Morgan fingerprint density at radius 1 is 0.911 bits per heavy atom. The highest BCUT2D eigenvalue weighted by molar-refractivity contribution is 6.37. The number of ether oxygens (including phenoxy) is 1. The molecule has 254 valence electrons. The lowest BCUT2D eigenvalue weighted by atomic mass is 9.85. The Hall–Kier alpha value is -3.38. The van der Waals surface area contributed by atoms with Crippen molar-refractivity contribution in [3.63, 3.8) is 0 Å². The van der Waals surface area contributed by atoms with Crippen molar-refractivity contribution in [2.45, 2.75) is 111 Å². The van der Waals surface area contributed by atoms with E-state index in [9.17, 15) is 28.8 Å². The zero-order valence-corrected chi connectivity index (χ0v) is 27.9. The number of hydrogen-bond donors (Lipinski definition) is 5. The first-order valence-corrected chi connectivity index (χ1v) is 16.4. The largest absolute Gasteiger partial charge is 0.447 e. The van der Waals surface area contributed by atoms with E-state index in [2.05, 4.69) is 21.3 Å². The maximum Gasteiger partial charge on any atom is 0.407 e. The van der Waals surface area contributed by atoms with E-state index in [1.165, 1.54) is 4.90 Å². The highest BCUT2D eigenvalue weighted by Crippen LogP contribution is 2.35. The van der Waals surface area contributed by atoms with Gasteiger partial charge in [0, 0.05) is 13.1 Å². The third kappa shape index (κ3) is 10.9. The van der Waals surface area contributed by atoms with Crippen LogP contribution in [0.4, 0.5) is 9.59 Å². The van der Waals surface area contributed by atoms with Gasteiger partial charge in [-0.1, -0.05) is 61.3 Å². The molecule has 2 aliphatic carbocycles. The summed E-state index contributed by atoms with van der Waals surface area (Å²) in [5.41, 5.74) is 4.54. The summed E-state index contributed by atoms with van der Waals surface area (Å²) in [7, 11) is 0. The minimum atomic E-state index is -1.10. The lowest BCUT2D eigenvalue weighted by Gasteiger charge is -2.36. The first-order valence-electron chi connectivity index (χ1n) is 16.4. The van der Waals surface area contributed by atoms with Crippen molar-refractivity contribution in [1.29, 1.82) is 0 Å². The van der Waals surface area contributed by atoms with E-state index in [1.807, 2.05) is 48.5 Å². The number of nitrogens with two attached hydrogens (primary N) is 1. The van der Waals surface area contributed by atoms with Crippen LogP contribution >= 0.6 is 0 Å². The number of nitrogens with zero attached hydrogens (tertiary/aromatic N) is 1. The quantitative estimate of drug-likeness (QED) is 0.170. The molecule has 0 aromatic heterocycles. The molecule has 13 heteroatoms. The van der Waals surface area contributed by atoms with Crippen LogP contribution in [-0.2, 0) is 23.9 Å². The summed E-state index contributed by atoms with van der Waals surface area (Å²) in [6, 6.07) is -4.02. The summed E-state index contributed by atoms with van der Waals surface area (Å²) in [5.74, 6) is -2.01. The van der Waals surface area contributed by atoms with Crippen molar-refractivity contribution in [2.24, 2.45) is 40.7 Å². The molecule has 3 aliphatic rings. The molecule has 6 amide bonds. The summed E-state index contributed by atoms with van der Waals surface area (Å²) in [6.45, 7) is 14.1. The van der Waals surface area contributed by atoms with E-state index < -0.39 is 65.2 Å². The molecule has 0 aromatic rings. The summed E-state index contributed by atoms with van der Waals surface area (Å²) in [6.07, 6.45) is 4.21. The lowest BCUT2D eigenvalue weighted by Crippen LogP contribution is -2.61. The Bertz CT molecular complexity index is 1110. The molecule has 0 aromatic carbocycles. The van der Waals surface area contributed by atoms with Crippen molar-refractivity contribution in [1.82, 2.24) is 26.2 Å². The number of carbonyl (C=O) groups excluding carboxylic acids is 6. The molecule has 5 atom stereocenters. The van der Waals surface area contributed by atoms with E-state index in [0.717, 1.165) is 25.7 Å². The molecule has 1 saturated heterocycles.